The average Bonchev–Trinajstić information content (AvgIpc) is 3.01. The summed E-state index contributed by atoms with van der Waals surface area (Å²) in [5.74, 6) is 0. The standard InChI is InChI=1S/C15H17N3O/c1-2-10-19-14(3-1)11-16-13-6-4-12(5-7-13)15-8-9-17-18-15/h2,4-10,14,16H,1,3,11H2,(H,17,18). The zero-order chi connectivity index (χ0) is 12.9. The Bertz CT molecular complexity index is 531. The third-order valence-corrected chi connectivity index (χ3v) is 3.25. The van der Waals surface area contributed by atoms with Crippen LogP contribution < -0.4 is 5.32 Å². The molecule has 0 bridgehead atoms. The van der Waals surface area contributed by atoms with Crippen molar-refractivity contribution < 1.29 is 4.74 Å². The molecule has 0 fully saturated rings. The van der Waals surface area contributed by atoms with E-state index < -0.39 is 0 Å². The van der Waals surface area contributed by atoms with Gasteiger partial charge in [-0.3, -0.25) is 5.10 Å². The summed E-state index contributed by atoms with van der Waals surface area (Å²) in [7, 11) is 0. The fourth-order valence-corrected chi connectivity index (χ4v) is 2.15. The maximum absolute atomic E-state index is 5.53. The minimum atomic E-state index is 0.275. The molecule has 0 amide bonds. The van der Waals surface area contributed by atoms with E-state index in [2.05, 4.69) is 45.9 Å². The summed E-state index contributed by atoms with van der Waals surface area (Å²) in [5, 5.41) is 10.3. The van der Waals surface area contributed by atoms with Crippen LogP contribution in [0, 0.1) is 0 Å². The molecule has 1 aromatic carbocycles. The molecule has 0 radical (unpaired) electrons. The van der Waals surface area contributed by atoms with Crippen LogP contribution in [0.3, 0.4) is 0 Å². The molecule has 0 saturated carbocycles. The molecule has 1 unspecified atom stereocenters. The molecule has 98 valence electrons. The van der Waals surface area contributed by atoms with Crippen molar-refractivity contribution in [1.82, 2.24) is 10.2 Å². The van der Waals surface area contributed by atoms with Crippen molar-refractivity contribution in [3.8, 4) is 11.3 Å². The Hall–Kier alpha value is -2.23. The molecule has 2 aromatic rings. The zero-order valence-electron chi connectivity index (χ0n) is 10.7. The number of ether oxygens (including phenoxy) is 1. The van der Waals surface area contributed by atoms with Crippen LogP contribution in [0.15, 0.2) is 48.9 Å². The molecule has 4 nitrogen and oxygen atoms in total. The summed E-state index contributed by atoms with van der Waals surface area (Å²) in [6, 6.07) is 10.3. The highest BCUT2D eigenvalue weighted by Gasteiger charge is 2.10. The van der Waals surface area contributed by atoms with Gasteiger partial charge >= 0.3 is 0 Å². The zero-order valence-corrected chi connectivity index (χ0v) is 10.7. The SMILES string of the molecule is C1=COC(CNc2ccc(-c3ccn[nH]3)cc2)CC1. The van der Waals surface area contributed by atoms with Gasteiger partial charge < -0.3 is 10.1 Å². The molecule has 0 saturated heterocycles. The summed E-state index contributed by atoms with van der Waals surface area (Å²) >= 11 is 0. The quantitative estimate of drug-likeness (QED) is 0.882. The summed E-state index contributed by atoms with van der Waals surface area (Å²) in [6.45, 7) is 0.841. The lowest BCUT2D eigenvalue weighted by Crippen LogP contribution is -2.22. The summed E-state index contributed by atoms with van der Waals surface area (Å²) in [4.78, 5) is 0. The molecular weight excluding hydrogens is 238 g/mol. The number of aromatic amines is 1. The van der Waals surface area contributed by atoms with E-state index in [0.29, 0.717) is 0 Å². The first-order valence-electron chi connectivity index (χ1n) is 6.56. The van der Waals surface area contributed by atoms with E-state index in [-0.39, 0.29) is 6.10 Å². The summed E-state index contributed by atoms with van der Waals surface area (Å²) in [5.41, 5.74) is 3.29. The second-order valence-corrected chi connectivity index (χ2v) is 4.64. The Morgan fingerprint density at radius 2 is 2.16 bits per heavy atom. The highest BCUT2D eigenvalue weighted by Crippen LogP contribution is 2.19. The number of rotatable bonds is 4. The number of hydrogen-bond acceptors (Lipinski definition) is 3. The molecule has 0 spiro atoms. The number of hydrogen-bond donors (Lipinski definition) is 2. The normalized spacial score (nSPS) is 18.0. The third kappa shape index (κ3) is 2.96. The second-order valence-electron chi connectivity index (χ2n) is 4.64. The Labute approximate surface area is 112 Å². The first kappa shape index (κ1) is 11.8. The summed E-state index contributed by atoms with van der Waals surface area (Å²) < 4.78 is 5.53. The third-order valence-electron chi connectivity index (χ3n) is 3.25. The molecule has 1 aliphatic rings. The van der Waals surface area contributed by atoms with E-state index in [4.69, 9.17) is 4.74 Å². The number of nitrogens with one attached hydrogen (secondary N) is 2. The lowest BCUT2D eigenvalue weighted by atomic mass is 10.1. The van der Waals surface area contributed by atoms with Gasteiger partial charge in [0.2, 0.25) is 0 Å². The van der Waals surface area contributed by atoms with E-state index >= 15 is 0 Å². The lowest BCUT2D eigenvalue weighted by Gasteiger charge is -2.20. The van der Waals surface area contributed by atoms with Crippen LogP contribution in [0.1, 0.15) is 12.8 Å². The molecule has 2 N–H and O–H groups in total. The number of benzene rings is 1. The average molecular weight is 255 g/mol. The Morgan fingerprint density at radius 1 is 1.26 bits per heavy atom. The number of anilines is 1. The van der Waals surface area contributed by atoms with Crippen LogP contribution in [0.5, 0.6) is 0 Å². The Balaban J connectivity index is 1.58. The van der Waals surface area contributed by atoms with Crippen LogP contribution in [-0.2, 0) is 4.74 Å². The summed E-state index contributed by atoms with van der Waals surface area (Å²) in [6.07, 6.45) is 8.08. The molecule has 1 aliphatic heterocycles. The molecular formula is C15H17N3O. The van der Waals surface area contributed by atoms with Gasteiger partial charge in [-0.2, -0.15) is 5.10 Å². The molecule has 4 heteroatoms. The van der Waals surface area contributed by atoms with Crippen LogP contribution in [0.2, 0.25) is 0 Å². The highest BCUT2D eigenvalue weighted by molar-refractivity contribution is 5.62. The van der Waals surface area contributed by atoms with Crippen molar-refractivity contribution in [3.63, 3.8) is 0 Å². The van der Waals surface area contributed by atoms with E-state index in [1.165, 1.54) is 0 Å². The highest BCUT2D eigenvalue weighted by atomic mass is 16.5. The van der Waals surface area contributed by atoms with Crippen LogP contribution >= 0.6 is 0 Å². The number of aromatic nitrogens is 2. The molecule has 3 rings (SSSR count). The molecule has 1 atom stereocenters. The van der Waals surface area contributed by atoms with Gasteiger partial charge in [-0.1, -0.05) is 12.1 Å². The second kappa shape index (κ2) is 5.61. The minimum absolute atomic E-state index is 0.275. The number of nitrogens with zero attached hydrogens (tertiary/aromatic N) is 1. The van der Waals surface area contributed by atoms with Crippen LogP contribution in [-0.4, -0.2) is 22.8 Å². The van der Waals surface area contributed by atoms with Gasteiger partial charge in [-0.05, 0) is 42.7 Å². The van der Waals surface area contributed by atoms with Gasteiger partial charge in [0.25, 0.3) is 0 Å². The smallest absolute Gasteiger partial charge is 0.115 e. The van der Waals surface area contributed by atoms with E-state index in [0.717, 1.165) is 36.3 Å². The first-order chi connectivity index (χ1) is 9.42. The fourth-order valence-electron chi connectivity index (χ4n) is 2.15. The predicted molar refractivity (Wildman–Crippen MR) is 75.8 cm³/mol. The van der Waals surface area contributed by atoms with Crippen LogP contribution in [0.4, 0.5) is 5.69 Å². The molecule has 19 heavy (non-hydrogen) atoms. The van der Waals surface area contributed by atoms with Gasteiger partial charge in [0, 0.05) is 11.9 Å². The minimum Gasteiger partial charge on any atom is -0.497 e. The first-order valence-corrected chi connectivity index (χ1v) is 6.56. The van der Waals surface area contributed by atoms with Gasteiger partial charge in [-0.15, -0.1) is 0 Å². The van der Waals surface area contributed by atoms with Gasteiger partial charge in [-0.25, -0.2) is 0 Å². The monoisotopic (exact) mass is 255 g/mol. The van der Waals surface area contributed by atoms with Crippen molar-refractivity contribution in [2.45, 2.75) is 18.9 Å². The Kier molecular flexibility index (Phi) is 3.49. The largest absolute Gasteiger partial charge is 0.497 e. The molecule has 0 aliphatic carbocycles. The maximum Gasteiger partial charge on any atom is 0.115 e. The van der Waals surface area contributed by atoms with E-state index in [1.54, 1.807) is 12.5 Å². The fraction of sp³-hybridized carbons (Fsp3) is 0.267. The van der Waals surface area contributed by atoms with Crippen molar-refractivity contribution in [3.05, 3.63) is 48.9 Å². The lowest BCUT2D eigenvalue weighted by molar-refractivity contribution is 0.135. The van der Waals surface area contributed by atoms with E-state index in [1.807, 2.05) is 6.07 Å². The molecule has 1 aromatic heterocycles. The maximum atomic E-state index is 5.53. The van der Waals surface area contributed by atoms with Gasteiger partial charge in [0.15, 0.2) is 0 Å². The topological polar surface area (TPSA) is 49.9 Å². The number of H-pyrrole nitrogens is 1. The van der Waals surface area contributed by atoms with Gasteiger partial charge in [0.05, 0.1) is 18.5 Å². The van der Waals surface area contributed by atoms with Crippen molar-refractivity contribution in [1.29, 1.82) is 0 Å². The van der Waals surface area contributed by atoms with Gasteiger partial charge in [0.1, 0.15) is 6.10 Å². The number of allylic oxidation sites excluding steroid dienone is 1. The van der Waals surface area contributed by atoms with Crippen LogP contribution in [0.25, 0.3) is 11.3 Å². The Morgan fingerprint density at radius 3 is 2.84 bits per heavy atom. The van der Waals surface area contributed by atoms with Crippen molar-refractivity contribution in [2.75, 3.05) is 11.9 Å². The van der Waals surface area contributed by atoms with Crippen molar-refractivity contribution in [2.24, 2.45) is 0 Å². The van der Waals surface area contributed by atoms with E-state index in [9.17, 15) is 0 Å². The predicted octanol–water partition coefficient (Wildman–Crippen LogP) is 3.18. The van der Waals surface area contributed by atoms with Crippen molar-refractivity contribution >= 4 is 5.69 Å². The molecule has 2 heterocycles.